The lowest BCUT2D eigenvalue weighted by molar-refractivity contribution is 0.563. The second-order valence-corrected chi connectivity index (χ2v) is 1.72. The summed E-state index contributed by atoms with van der Waals surface area (Å²) in [6.45, 7) is 6.33. The lowest BCUT2D eigenvalue weighted by Gasteiger charge is -1.69. The van der Waals surface area contributed by atoms with Crippen molar-refractivity contribution < 1.29 is 4.79 Å². The topological polar surface area (TPSA) is 29.4 Å². The predicted molar refractivity (Wildman–Crippen MR) is 56.5 cm³/mol. The van der Waals surface area contributed by atoms with Gasteiger partial charge in [0.1, 0.15) is 0 Å². The number of hydrogen-bond acceptors (Lipinski definition) is 2. The number of isocyanates is 1. The van der Waals surface area contributed by atoms with E-state index in [0.717, 1.165) is 0 Å². The molecule has 72 valence electrons. The summed E-state index contributed by atoms with van der Waals surface area (Å²) in [6, 6.07) is 12.0. The van der Waals surface area contributed by atoms with Gasteiger partial charge >= 0.3 is 0 Å². The van der Waals surface area contributed by atoms with Crippen molar-refractivity contribution in [2.24, 2.45) is 4.99 Å². The summed E-state index contributed by atoms with van der Waals surface area (Å²) in [7, 11) is 0. The largest absolute Gasteiger partial charge is 0.234 e. The van der Waals surface area contributed by atoms with Crippen molar-refractivity contribution in [2.45, 2.75) is 20.8 Å². The molecule has 1 aromatic carbocycles. The van der Waals surface area contributed by atoms with E-state index in [9.17, 15) is 0 Å². The van der Waals surface area contributed by atoms with E-state index >= 15 is 0 Å². The molecule has 2 heteroatoms. The Kier molecular flexibility index (Phi) is 18.4. The highest BCUT2D eigenvalue weighted by Gasteiger charge is 1.57. The van der Waals surface area contributed by atoms with Crippen molar-refractivity contribution in [1.82, 2.24) is 0 Å². The van der Waals surface area contributed by atoms with Crippen LogP contribution in [0.3, 0.4) is 0 Å². The Labute approximate surface area is 80.3 Å². The molecule has 0 saturated heterocycles. The van der Waals surface area contributed by atoms with Crippen molar-refractivity contribution in [3.63, 3.8) is 0 Å². The summed E-state index contributed by atoms with van der Waals surface area (Å²) in [5.41, 5.74) is 0. The van der Waals surface area contributed by atoms with Gasteiger partial charge in [0.05, 0.1) is 0 Å². The van der Waals surface area contributed by atoms with E-state index in [0.29, 0.717) is 6.54 Å². The fourth-order valence-electron chi connectivity index (χ4n) is 0.449. The van der Waals surface area contributed by atoms with Crippen molar-refractivity contribution in [3.8, 4) is 0 Å². The molecule has 0 N–H and O–H groups in total. The molecule has 0 unspecified atom stereocenters. The van der Waals surface area contributed by atoms with Crippen LogP contribution in [-0.2, 0) is 4.79 Å². The Balaban J connectivity index is 0. The first-order valence-corrected chi connectivity index (χ1v) is 4.45. The van der Waals surface area contributed by atoms with Crippen LogP contribution in [0.1, 0.15) is 20.8 Å². The maximum absolute atomic E-state index is 9.11. The van der Waals surface area contributed by atoms with Crippen molar-refractivity contribution >= 4 is 6.08 Å². The van der Waals surface area contributed by atoms with Crippen LogP contribution in [0.25, 0.3) is 0 Å². The van der Waals surface area contributed by atoms with Crippen LogP contribution in [-0.4, -0.2) is 12.6 Å². The van der Waals surface area contributed by atoms with Gasteiger partial charge in [-0.15, -0.1) is 0 Å². The smallest absolute Gasteiger partial charge is 0.211 e. The van der Waals surface area contributed by atoms with E-state index in [1.165, 1.54) is 6.08 Å². The highest BCUT2D eigenvalue weighted by Crippen LogP contribution is 1.79. The molecule has 0 heterocycles. The number of carbonyl (C=O) groups excluding carboxylic acids is 1. The van der Waals surface area contributed by atoms with Gasteiger partial charge in [0.2, 0.25) is 6.08 Å². The van der Waals surface area contributed by atoms with Gasteiger partial charge in [-0.1, -0.05) is 50.2 Å². The summed E-state index contributed by atoms with van der Waals surface area (Å²) in [4.78, 5) is 12.3. The maximum atomic E-state index is 9.11. The van der Waals surface area contributed by atoms with Gasteiger partial charge in [-0.3, -0.25) is 0 Å². The summed E-state index contributed by atoms with van der Waals surface area (Å²) in [5.74, 6) is 0. The average Bonchev–Trinajstić information content (AvgIpc) is 2.25. The molecular formula is C11H17NO. The van der Waals surface area contributed by atoms with E-state index in [-0.39, 0.29) is 0 Å². The third-order valence-corrected chi connectivity index (χ3v) is 0.889. The molecule has 0 radical (unpaired) electrons. The van der Waals surface area contributed by atoms with Crippen LogP contribution < -0.4 is 0 Å². The van der Waals surface area contributed by atoms with Crippen LogP contribution in [0.15, 0.2) is 41.4 Å². The van der Waals surface area contributed by atoms with Gasteiger partial charge in [0, 0.05) is 6.54 Å². The van der Waals surface area contributed by atoms with Gasteiger partial charge in [-0.05, 0) is 6.92 Å². The van der Waals surface area contributed by atoms with Crippen LogP contribution in [0.2, 0.25) is 0 Å². The number of aliphatic imine (C=N–C) groups is 1. The Hall–Kier alpha value is -1.40. The molecular weight excluding hydrogens is 162 g/mol. The third-order valence-electron chi connectivity index (χ3n) is 0.889. The lowest BCUT2D eigenvalue weighted by Crippen LogP contribution is -1.58. The van der Waals surface area contributed by atoms with Crippen molar-refractivity contribution in [2.75, 3.05) is 6.54 Å². The molecule has 0 aromatic heterocycles. The second-order valence-electron chi connectivity index (χ2n) is 1.72. The first kappa shape index (κ1) is 14.1. The molecule has 1 rings (SSSR count). The SMILES string of the molecule is CC.CCN=C=O.c1ccccc1. The quantitative estimate of drug-likeness (QED) is 0.481. The molecule has 0 saturated carbocycles. The Bertz CT molecular complexity index is 176. The summed E-state index contributed by atoms with van der Waals surface area (Å²) < 4.78 is 0. The summed E-state index contributed by atoms with van der Waals surface area (Å²) in [5, 5.41) is 0. The van der Waals surface area contributed by atoms with Crippen molar-refractivity contribution in [1.29, 1.82) is 0 Å². The fraction of sp³-hybridized carbons (Fsp3) is 0.364. The molecule has 1 aromatic rings. The van der Waals surface area contributed by atoms with E-state index in [4.69, 9.17) is 4.79 Å². The minimum absolute atomic E-state index is 0.545. The third kappa shape index (κ3) is 18.0. The zero-order valence-corrected chi connectivity index (χ0v) is 8.53. The van der Waals surface area contributed by atoms with E-state index in [1.54, 1.807) is 6.92 Å². The van der Waals surface area contributed by atoms with E-state index < -0.39 is 0 Å². The minimum atomic E-state index is 0.545. The van der Waals surface area contributed by atoms with E-state index in [2.05, 4.69) is 4.99 Å². The molecule has 0 amide bonds. The standard InChI is InChI=1S/C6H6.C3H5NO.C2H6/c1-2-4-6-5-3-1;1-2-4-3-5;1-2/h1-6H;2H2,1H3;1-2H3. The zero-order chi connectivity index (χ0) is 10.4. The molecule has 0 spiro atoms. The molecule has 13 heavy (non-hydrogen) atoms. The summed E-state index contributed by atoms with van der Waals surface area (Å²) in [6.07, 6.45) is 1.39. The molecule has 0 atom stereocenters. The van der Waals surface area contributed by atoms with Gasteiger partial charge in [0.15, 0.2) is 0 Å². The highest BCUT2D eigenvalue weighted by molar-refractivity contribution is 5.32. The molecule has 0 aliphatic carbocycles. The Morgan fingerprint density at radius 2 is 1.31 bits per heavy atom. The number of hydrogen-bond donors (Lipinski definition) is 0. The summed E-state index contributed by atoms with van der Waals surface area (Å²) >= 11 is 0. The first-order valence-electron chi connectivity index (χ1n) is 4.45. The first-order chi connectivity index (χ1) is 6.41. The van der Waals surface area contributed by atoms with Gasteiger partial charge in [-0.25, -0.2) is 9.79 Å². The highest BCUT2D eigenvalue weighted by atomic mass is 16.1. The molecule has 0 bridgehead atoms. The van der Waals surface area contributed by atoms with Crippen LogP contribution in [0.4, 0.5) is 0 Å². The van der Waals surface area contributed by atoms with Gasteiger partial charge in [-0.2, -0.15) is 0 Å². The van der Waals surface area contributed by atoms with Gasteiger partial charge < -0.3 is 0 Å². The molecule has 0 aliphatic heterocycles. The normalized spacial score (nSPS) is 6.38. The predicted octanol–water partition coefficient (Wildman–Crippen LogP) is 3.05. The minimum Gasteiger partial charge on any atom is -0.211 e. The van der Waals surface area contributed by atoms with Gasteiger partial charge in [0.25, 0.3) is 0 Å². The Morgan fingerprint density at radius 1 is 1.00 bits per heavy atom. The molecule has 0 fully saturated rings. The lowest BCUT2D eigenvalue weighted by atomic mass is 10.4. The van der Waals surface area contributed by atoms with Crippen molar-refractivity contribution in [3.05, 3.63) is 36.4 Å². The number of benzene rings is 1. The zero-order valence-electron chi connectivity index (χ0n) is 8.53. The van der Waals surface area contributed by atoms with Crippen LogP contribution in [0, 0.1) is 0 Å². The average molecular weight is 179 g/mol. The Morgan fingerprint density at radius 3 is 1.38 bits per heavy atom. The number of rotatable bonds is 1. The second kappa shape index (κ2) is 16.9. The van der Waals surface area contributed by atoms with Crippen LogP contribution >= 0.6 is 0 Å². The van der Waals surface area contributed by atoms with Crippen LogP contribution in [0.5, 0.6) is 0 Å². The fourth-order valence-corrected chi connectivity index (χ4v) is 0.449. The molecule has 2 nitrogen and oxygen atoms in total. The monoisotopic (exact) mass is 179 g/mol. The number of nitrogens with zero attached hydrogens (tertiary/aromatic N) is 1. The maximum Gasteiger partial charge on any atom is 0.234 e. The molecule has 0 aliphatic rings. The van der Waals surface area contributed by atoms with E-state index in [1.807, 2.05) is 50.2 Å².